The third kappa shape index (κ3) is 6.02. The third-order valence-electron chi connectivity index (χ3n) is 9.59. The summed E-state index contributed by atoms with van der Waals surface area (Å²) < 4.78 is 1.81. The van der Waals surface area contributed by atoms with Gasteiger partial charge in [0.15, 0.2) is 11.5 Å². The van der Waals surface area contributed by atoms with E-state index in [9.17, 15) is 14.7 Å². The summed E-state index contributed by atoms with van der Waals surface area (Å²) in [5.74, 6) is 0.737. The van der Waals surface area contributed by atoms with Crippen molar-refractivity contribution in [3.8, 4) is 0 Å². The predicted molar refractivity (Wildman–Crippen MR) is 173 cm³/mol. The molecule has 45 heavy (non-hydrogen) atoms. The first-order chi connectivity index (χ1) is 21.8. The van der Waals surface area contributed by atoms with Crippen LogP contribution in [0.25, 0.3) is 5.65 Å². The lowest BCUT2D eigenvalue weighted by molar-refractivity contribution is -0.141. The number of piperazine rings is 1. The zero-order valence-corrected chi connectivity index (χ0v) is 26.2. The number of anilines is 1. The highest BCUT2D eigenvalue weighted by atomic mass is 35.5. The Kier molecular flexibility index (Phi) is 7.97. The first kappa shape index (κ1) is 29.7. The molecule has 3 aliphatic rings. The van der Waals surface area contributed by atoms with Gasteiger partial charge < -0.3 is 24.7 Å². The highest BCUT2D eigenvalue weighted by molar-refractivity contribution is 6.30. The van der Waals surface area contributed by atoms with Gasteiger partial charge >= 0.3 is 0 Å². The van der Waals surface area contributed by atoms with Crippen LogP contribution < -0.4 is 4.90 Å². The quantitative estimate of drug-likeness (QED) is 0.350. The molecule has 3 aliphatic heterocycles. The maximum Gasteiger partial charge on any atom is 0.253 e. The van der Waals surface area contributed by atoms with E-state index in [1.807, 2.05) is 70.2 Å². The van der Waals surface area contributed by atoms with Gasteiger partial charge in [-0.15, -0.1) is 0 Å². The van der Waals surface area contributed by atoms with Gasteiger partial charge in [-0.2, -0.15) is 5.10 Å². The summed E-state index contributed by atoms with van der Waals surface area (Å²) in [6, 6.07) is 19.1. The summed E-state index contributed by atoms with van der Waals surface area (Å²) >= 11 is 6.05. The molecule has 0 bridgehead atoms. The molecule has 3 saturated heterocycles. The second kappa shape index (κ2) is 12.1. The molecular weight excluding hydrogens is 590 g/mol. The maximum atomic E-state index is 13.1. The molecule has 0 aliphatic carbocycles. The molecule has 0 spiro atoms. The van der Waals surface area contributed by atoms with Crippen LogP contribution in [0.4, 0.5) is 5.69 Å². The van der Waals surface area contributed by atoms with Crippen LogP contribution in [-0.2, 0) is 16.8 Å². The van der Waals surface area contributed by atoms with Crippen molar-refractivity contribution >= 4 is 34.7 Å². The van der Waals surface area contributed by atoms with Crippen LogP contribution in [0, 0.1) is 5.92 Å². The van der Waals surface area contributed by atoms with Crippen LogP contribution in [0.1, 0.15) is 40.2 Å². The number of likely N-dealkylation sites (N-methyl/N-ethyl adjacent to an activating group) is 1. The zero-order chi connectivity index (χ0) is 31.1. The normalized spacial score (nSPS) is 19.1. The van der Waals surface area contributed by atoms with Gasteiger partial charge in [-0.05, 0) is 67.4 Å². The molecule has 0 unspecified atom stereocenters. The van der Waals surface area contributed by atoms with Crippen LogP contribution in [0.15, 0.2) is 66.9 Å². The average molecular weight is 628 g/mol. The fourth-order valence-electron chi connectivity index (χ4n) is 6.64. The maximum absolute atomic E-state index is 13.1. The number of halogens is 1. The number of likely N-dealkylation sites (tertiary alicyclic amines) is 1. The Balaban J connectivity index is 0.962. The molecule has 0 atom stereocenters. The Bertz CT molecular complexity index is 1690. The number of benzene rings is 2. The number of piperidine rings is 1. The van der Waals surface area contributed by atoms with Crippen molar-refractivity contribution in [1.82, 2.24) is 29.3 Å². The molecule has 4 aromatic rings. The summed E-state index contributed by atoms with van der Waals surface area (Å²) in [5.41, 5.74) is 3.44. The van der Waals surface area contributed by atoms with Gasteiger partial charge in [-0.1, -0.05) is 35.9 Å². The predicted octanol–water partition coefficient (Wildman–Crippen LogP) is 3.31. The Morgan fingerprint density at radius 2 is 1.60 bits per heavy atom. The van der Waals surface area contributed by atoms with Crippen molar-refractivity contribution < 1.29 is 14.7 Å². The van der Waals surface area contributed by atoms with Gasteiger partial charge in [0, 0.05) is 75.6 Å². The lowest BCUT2D eigenvalue weighted by Crippen LogP contribution is -2.58. The van der Waals surface area contributed by atoms with Crippen LogP contribution in [0.5, 0.6) is 0 Å². The lowest BCUT2D eigenvalue weighted by Gasteiger charge is -2.42. The Morgan fingerprint density at radius 1 is 0.911 bits per heavy atom. The van der Waals surface area contributed by atoms with Crippen LogP contribution >= 0.6 is 11.6 Å². The number of aliphatic hydroxyl groups is 1. The molecule has 1 N–H and O–H groups in total. The fourth-order valence-corrected chi connectivity index (χ4v) is 6.77. The van der Waals surface area contributed by atoms with Gasteiger partial charge in [0.1, 0.15) is 0 Å². The van der Waals surface area contributed by atoms with E-state index < -0.39 is 5.60 Å². The number of aromatic nitrogens is 3. The summed E-state index contributed by atoms with van der Waals surface area (Å²) in [6.45, 7) is 5.67. The first-order valence-corrected chi connectivity index (χ1v) is 16.1. The van der Waals surface area contributed by atoms with Crippen molar-refractivity contribution in [1.29, 1.82) is 0 Å². The number of carbonyl (C=O) groups is 2. The fraction of sp³-hybridized carbons (Fsp3) is 0.412. The van der Waals surface area contributed by atoms with Crippen LogP contribution in [0.3, 0.4) is 0 Å². The molecule has 0 saturated carbocycles. The number of carbonyl (C=O) groups excluding carboxylic acids is 2. The minimum Gasteiger partial charge on any atom is -0.385 e. The molecule has 2 aromatic heterocycles. The Labute approximate surface area is 267 Å². The monoisotopic (exact) mass is 627 g/mol. The van der Waals surface area contributed by atoms with E-state index in [4.69, 9.17) is 21.7 Å². The van der Waals surface area contributed by atoms with Gasteiger partial charge in [-0.25, -0.2) is 9.50 Å². The van der Waals surface area contributed by atoms with Crippen molar-refractivity contribution in [3.63, 3.8) is 0 Å². The second-order valence-corrected chi connectivity index (χ2v) is 13.1. The van der Waals surface area contributed by atoms with Gasteiger partial charge in [-0.3, -0.25) is 9.59 Å². The van der Waals surface area contributed by atoms with E-state index in [0.29, 0.717) is 61.9 Å². The van der Waals surface area contributed by atoms with Gasteiger partial charge in [0.05, 0.1) is 17.2 Å². The molecule has 2 aromatic carbocycles. The van der Waals surface area contributed by atoms with E-state index in [0.717, 1.165) is 48.6 Å². The molecule has 5 heterocycles. The van der Waals surface area contributed by atoms with Gasteiger partial charge in [0.25, 0.3) is 5.91 Å². The summed E-state index contributed by atoms with van der Waals surface area (Å²) in [7, 11) is 2.07. The molecular formula is C34H38ClN7O3. The van der Waals surface area contributed by atoms with Crippen molar-refractivity contribution in [3.05, 3.63) is 94.4 Å². The highest BCUT2D eigenvalue weighted by Gasteiger charge is 2.39. The van der Waals surface area contributed by atoms with E-state index >= 15 is 0 Å². The number of amides is 2. The number of rotatable bonds is 6. The molecule has 10 nitrogen and oxygen atoms in total. The summed E-state index contributed by atoms with van der Waals surface area (Å²) in [6.07, 6.45) is 3.65. The lowest BCUT2D eigenvalue weighted by atomic mass is 9.84. The number of hydrogen-bond donors (Lipinski definition) is 1. The number of hydrogen-bond acceptors (Lipinski definition) is 7. The molecule has 234 valence electrons. The van der Waals surface area contributed by atoms with Crippen LogP contribution in [-0.4, -0.2) is 106 Å². The number of fused-ring (bicyclic) bond motifs is 1. The number of pyridine rings is 1. The van der Waals surface area contributed by atoms with E-state index in [1.165, 1.54) is 0 Å². The van der Waals surface area contributed by atoms with E-state index in [-0.39, 0.29) is 17.7 Å². The molecule has 7 rings (SSSR count). The zero-order valence-electron chi connectivity index (χ0n) is 25.5. The van der Waals surface area contributed by atoms with Gasteiger partial charge in [0.2, 0.25) is 5.91 Å². The molecule has 3 fully saturated rings. The molecule has 0 radical (unpaired) electrons. The molecule has 2 amide bonds. The second-order valence-electron chi connectivity index (χ2n) is 12.6. The van der Waals surface area contributed by atoms with Crippen LogP contribution in [0.2, 0.25) is 5.02 Å². The molecule has 11 heteroatoms. The minimum atomic E-state index is -0.877. The van der Waals surface area contributed by atoms with E-state index in [1.54, 1.807) is 4.90 Å². The minimum absolute atomic E-state index is 0.0380. The SMILES string of the molecule is CN1CCN(C(=O)C2CN(C(=O)c3ccc(Cc4nc5c(N6CCC(O)(c7ccc(Cl)cc7)CC6)cccn5n4)cc3)C2)CC1. The topological polar surface area (TPSA) is 97.5 Å². The third-order valence-corrected chi connectivity index (χ3v) is 9.85. The van der Waals surface area contributed by atoms with Crippen molar-refractivity contribution in [2.24, 2.45) is 5.92 Å². The Hall–Kier alpha value is -3.99. The summed E-state index contributed by atoms with van der Waals surface area (Å²) in [5, 5.41) is 16.7. The van der Waals surface area contributed by atoms with E-state index in [2.05, 4.69) is 22.9 Å². The average Bonchev–Trinajstić information content (AvgIpc) is 3.44. The first-order valence-electron chi connectivity index (χ1n) is 15.7. The largest absolute Gasteiger partial charge is 0.385 e. The van der Waals surface area contributed by atoms with Crippen molar-refractivity contribution in [2.45, 2.75) is 24.9 Å². The Morgan fingerprint density at radius 3 is 2.29 bits per heavy atom. The standard InChI is InChI=1S/C34H38ClN7O3/c1-38-17-19-40(20-18-38)33(44)26-22-41(23-26)32(43)25-6-4-24(5-7-25)21-30-36-31-29(3-2-14-42(31)37-30)39-15-12-34(45,13-16-39)27-8-10-28(35)11-9-27/h2-11,14,26,45H,12-13,15-23H2,1H3. The number of nitrogens with zero attached hydrogens (tertiary/aromatic N) is 7. The van der Waals surface area contributed by atoms with Crippen molar-refractivity contribution in [2.75, 3.05) is 64.3 Å². The summed E-state index contributed by atoms with van der Waals surface area (Å²) in [4.78, 5) is 38.9. The highest BCUT2D eigenvalue weighted by Crippen LogP contribution is 2.36. The smallest absolute Gasteiger partial charge is 0.253 e.